The Kier molecular flexibility index (Phi) is 3.58. The van der Waals surface area contributed by atoms with Gasteiger partial charge in [-0.15, -0.1) is 0 Å². The molecule has 0 aliphatic rings. The number of benzene rings is 1. The minimum atomic E-state index is -2.72. The zero-order valence-corrected chi connectivity index (χ0v) is 6.90. The first-order valence-corrected chi connectivity index (χ1v) is 3.89. The summed E-state index contributed by atoms with van der Waals surface area (Å²) in [6.45, 7) is 0. The first-order valence-electron chi connectivity index (χ1n) is 3.89. The second kappa shape index (κ2) is 4.72. The molecule has 1 atom stereocenters. The van der Waals surface area contributed by atoms with E-state index in [-0.39, 0.29) is 0 Å². The number of rotatable bonds is 3. The monoisotopic (exact) mass is 184 g/mol. The summed E-state index contributed by atoms with van der Waals surface area (Å²) < 4.78 is 23.7. The Balaban J connectivity index is 2.59. The van der Waals surface area contributed by atoms with Crippen LogP contribution in [-0.2, 0) is 0 Å². The smallest absolute Gasteiger partial charge is 0.267 e. The van der Waals surface area contributed by atoms with Crippen LogP contribution in [0.2, 0.25) is 0 Å². The highest BCUT2D eigenvalue weighted by atomic mass is 19.3. The lowest BCUT2D eigenvalue weighted by Crippen LogP contribution is -2.13. The molecule has 13 heavy (non-hydrogen) atoms. The highest BCUT2D eigenvalue weighted by Crippen LogP contribution is 2.06. The fourth-order valence-corrected chi connectivity index (χ4v) is 0.858. The molecule has 1 aromatic rings. The molecule has 0 saturated heterocycles. The maximum Gasteiger partial charge on any atom is 0.267 e. The van der Waals surface area contributed by atoms with Crippen LogP contribution >= 0.6 is 0 Å². The summed E-state index contributed by atoms with van der Waals surface area (Å²) in [5.41, 5.74) is 0.794. The van der Waals surface area contributed by atoms with Gasteiger partial charge in [0, 0.05) is 0 Å². The average Bonchev–Trinajstić information content (AvgIpc) is 2.15. The molecule has 0 bridgehead atoms. The number of aliphatic hydroxyl groups excluding tert-OH is 1. The molecule has 1 unspecified atom stereocenters. The maximum atomic E-state index is 11.8. The van der Waals surface area contributed by atoms with E-state index in [9.17, 15) is 8.78 Å². The van der Waals surface area contributed by atoms with Crippen molar-refractivity contribution >= 4 is 6.08 Å². The molecule has 0 fully saturated rings. The molecular weight excluding hydrogens is 174 g/mol. The molecular formula is C10H10F2O. The first kappa shape index (κ1) is 9.86. The molecule has 0 spiro atoms. The highest BCUT2D eigenvalue weighted by molar-refractivity contribution is 5.49. The van der Waals surface area contributed by atoms with E-state index in [2.05, 4.69) is 0 Å². The van der Waals surface area contributed by atoms with Gasteiger partial charge in [0.2, 0.25) is 0 Å². The molecule has 0 aliphatic heterocycles. The van der Waals surface area contributed by atoms with Crippen LogP contribution in [0.1, 0.15) is 5.56 Å². The summed E-state index contributed by atoms with van der Waals surface area (Å²) in [5.74, 6) is 0. The Morgan fingerprint density at radius 2 is 1.77 bits per heavy atom. The van der Waals surface area contributed by atoms with Crippen LogP contribution in [0, 0.1) is 0 Å². The third kappa shape index (κ3) is 3.34. The fourth-order valence-electron chi connectivity index (χ4n) is 0.858. The highest BCUT2D eigenvalue weighted by Gasteiger charge is 2.11. The van der Waals surface area contributed by atoms with E-state index in [0.717, 1.165) is 11.6 Å². The largest absolute Gasteiger partial charge is 0.383 e. The van der Waals surface area contributed by atoms with Crippen molar-refractivity contribution in [3.63, 3.8) is 0 Å². The number of hydrogen-bond acceptors (Lipinski definition) is 1. The third-order valence-electron chi connectivity index (χ3n) is 1.54. The summed E-state index contributed by atoms with van der Waals surface area (Å²) in [6, 6.07) is 8.98. The number of alkyl halides is 2. The quantitative estimate of drug-likeness (QED) is 0.764. The molecule has 0 saturated carbocycles. The molecule has 1 rings (SSSR count). The molecule has 0 heterocycles. The molecule has 1 nitrogen and oxygen atoms in total. The SMILES string of the molecule is OC(/C=C/c1ccccc1)C(F)F. The van der Waals surface area contributed by atoms with Gasteiger partial charge in [-0.1, -0.05) is 36.4 Å². The molecule has 3 heteroatoms. The summed E-state index contributed by atoms with van der Waals surface area (Å²) in [5, 5.41) is 8.75. The predicted molar refractivity (Wildman–Crippen MR) is 47.5 cm³/mol. The zero-order chi connectivity index (χ0) is 9.68. The van der Waals surface area contributed by atoms with E-state index >= 15 is 0 Å². The van der Waals surface area contributed by atoms with Crippen LogP contribution in [0.5, 0.6) is 0 Å². The van der Waals surface area contributed by atoms with Crippen LogP contribution in [0.4, 0.5) is 8.78 Å². The van der Waals surface area contributed by atoms with Crippen LogP contribution < -0.4 is 0 Å². The van der Waals surface area contributed by atoms with E-state index in [1.165, 1.54) is 6.08 Å². The van der Waals surface area contributed by atoms with Crippen molar-refractivity contribution in [3.8, 4) is 0 Å². The van der Waals surface area contributed by atoms with Gasteiger partial charge in [-0.05, 0) is 11.6 Å². The van der Waals surface area contributed by atoms with Gasteiger partial charge in [0.1, 0.15) is 6.10 Å². The molecule has 0 radical (unpaired) electrons. The first-order chi connectivity index (χ1) is 6.20. The molecule has 0 amide bonds. The van der Waals surface area contributed by atoms with Crippen molar-refractivity contribution in [2.75, 3.05) is 0 Å². The third-order valence-corrected chi connectivity index (χ3v) is 1.54. The Hall–Kier alpha value is -1.22. The van der Waals surface area contributed by atoms with Crippen LogP contribution in [-0.4, -0.2) is 17.6 Å². The molecule has 1 aromatic carbocycles. The second-order valence-electron chi connectivity index (χ2n) is 2.59. The van der Waals surface area contributed by atoms with Crippen LogP contribution in [0.3, 0.4) is 0 Å². The number of hydrogen-bond donors (Lipinski definition) is 1. The van der Waals surface area contributed by atoms with E-state index in [4.69, 9.17) is 5.11 Å². The van der Waals surface area contributed by atoms with E-state index in [0.29, 0.717) is 0 Å². The summed E-state index contributed by atoms with van der Waals surface area (Å²) in [6.07, 6.45) is -1.85. The zero-order valence-electron chi connectivity index (χ0n) is 6.90. The van der Waals surface area contributed by atoms with Gasteiger partial charge in [-0.25, -0.2) is 8.78 Å². The Labute approximate surface area is 75.3 Å². The van der Waals surface area contributed by atoms with E-state index in [1.807, 2.05) is 6.07 Å². The van der Waals surface area contributed by atoms with Gasteiger partial charge >= 0.3 is 0 Å². The second-order valence-corrected chi connectivity index (χ2v) is 2.59. The van der Waals surface area contributed by atoms with Gasteiger partial charge in [0.25, 0.3) is 6.43 Å². The van der Waals surface area contributed by atoms with Gasteiger partial charge in [0.15, 0.2) is 0 Å². The van der Waals surface area contributed by atoms with E-state index < -0.39 is 12.5 Å². The maximum absolute atomic E-state index is 11.8. The van der Waals surface area contributed by atoms with Gasteiger partial charge in [-0.3, -0.25) is 0 Å². The standard InChI is InChI=1S/C10H10F2O/c11-10(12)9(13)7-6-8-4-2-1-3-5-8/h1-7,9-10,13H/b7-6+. The number of aliphatic hydroxyl groups is 1. The van der Waals surface area contributed by atoms with Crippen molar-refractivity contribution in [2.24, 2.45) is 0 Å². The van der Waals surface area contributed by atoms with Gasteiger partial charge in [0.05, 0.1) is 0 Å². The van der Waals surface area contributed by atoms with Crippen molar-refractivity contribution < 1.29 is 13.9 Å². The Morgan fingerprint density at radius 1 is 1.15 bits per heavy atom. The van der Waals surface area contributed by atoms with E-state index in [1.54, 1.807) is 24.3 Å². The van der Waals surface area contributed by atoms with Crippen LogP contribution in [0.25, 0.3) is 6.08 Å². The lowest BCUT2D eigenvalue weighted by atomic mass is 10.2. The van der Waals surface area contributed by atoms with Gasteiger partial charge in [-0.2, -0.15) is 0 Å². The number of halogens is 2. The topological polar surface area (TPSA) is 20.2 Å². The summed E-state index contributed by atoms with van der Waals surface area (Å²) >= 11 is 0. The molecule has 0 aromatic heterocycles. The molecule has 0 aliphatic carbocycles. The van der Waals surface area contributed by atoms with Gasteiger partial charge < -0.3 is 5.11 Å². The van der Waals surface area contributed by atoms with Crippen LogP contribution in [0.15, 0.2) is 36.4 Å². The lowest BCUT2D eigenvalue weighted by molar-refractivity contribution is 0.0246. The lowest BCUT2D eigenvalue weighted by Gasteiger charge is -2.01. The molecule has 70 valence electrons. The summed E-state index contributed by atoms with van der Waals surface area (Å²) in [4.78, 5) is 0. The Morgan fingerprint density at radius 3 is 2.31 bits per heavy atom. The van der Waals surface area contributed by atoms with Crippen molar-refractivity contribution in [1.29, 1.82) is 0 Å². The Bertz CT molecular complexity index is 270. The summed E-state index contributed by atoms with van der Waals surface area (Å²) in [7, 11) is 0. The molecule has 1 N–H and O–H groups in total. The van der Waals surface area contributed by atoms with Crippen molar-refractivity contribution in [3.05, 3.63) is 42.0 Å². The predicted octanol–water partition coefficient (Wildman–Crippen LogP) is 2.33. The fraction of sp³-hybridized carbons (Fsp3) is 0.200. The average molecular weight is 184 g/mol. The minimum absolute atomic E-state index is 0.794. The van der Waals surface area contributed by atoms with Crippen molar-refractivity contribution in [2.45, 2.75) is 12.5 Å². The minimum Gasteiger partial charge on any atom is -0.383 e. The van der Waals surface area contributed by atoms with Crippen molar-refractivity contribution in [1.82, 2.24) is 0 Å². The normalized spacial score (nSPS) is 13.8.